The van der Waals surface area contributed by atoms with Gasteiger partial charge in [0.15, 0.2) is 0 Å². The third-order valence-corrected chi connectivity index (χ3v) is 7.30. The molecule has 7 nitrogen and oxygen atoms in total. The summed E-state index contributed by atoms with van der Waals surface area (Å²) in [7, 11) is -4.38. The van der Waals surface area contributed by atoms with Crippen LogP contribution in [0.3, 0.4) is 0 Å². The van der Waals surface area contributed by atoms with Crippen molar-refractivity contribution in [1.82, 2.24) is 4.72 Å². The van der Waals surface area contributed by atoms with Crippen LogP contribution in [0.5, 0.6) is 11.5 Å². The lowest BCUT2D eigenvalue weighted by atomic mass is 9.73. The zero-order chi connectivity index (χ0) is 23.3. The number of aryl methyl sites for hydroxylation is 1. The number of phenolic OH excluding ortho intramolecular Hbond substituents is 2. The van der Waals surface area contributed by atoms with Gasteiger partial charge in [0.1, 0.15) is 16.4 Å². The van der Waals surface area contributed by atoms with Gasteiger partial charge in [-0.1, -0.05) is 43.6 Å². The fourth-order valence-electron chi connectivity index (χ4n) is 4.23. The van der Waals surface area contributed by atoms with Gasteiger partial charge < -0.3 is 15.9 Å². The second kappa shape index (κ2) is 10.3. The summed E-state index contributed by atoms with van der Waals surface area (Å²) in [4.78, 5) is 11.4. The monoisotopic (exact) mass is 450 g/mol. The van der Waals surface area contributed by atoms with Crippen LogP contribution in [0, 0.1) is 5.92 Å². The second-order valence-electron chi connectivity index (χ2n) is 8.37. The van der Waals surface area contributed by atoms with E-state index in [1.807, 2.05) is 31.6 Å². The van der Waals surface area contributed by atoms with Gasteiger partial charge in [-0.2, -0.15) is 0 Å². The minimum atomic E-state index is -4.38. The third-order valence-electron chi connectivity index (χ3n) is 5.81. The number of rotatable bonds is 9. The Balaban J connectivity index is 2.73. The molecule has 0 radical (unpaired) electrons. The zero-order valence-electron chi connectivity index (χ0n) is 18.6. The summed E-state index contributed by atoms with van der Waals surface area (Å²) in [5.74, 6) is -2.03. The third kappa shape index (κ3) is 5.68. The Morgan fingerprint density at radius 3 is 2.58 bits per heavy atom. The largest absolute Gasteiger partial charge is 0.507 e. The maximum Gasteiger partial charge on any atom is 0.268 e. The first-order valence-corrected chi connectivity index (χ1v) is 12.2. The molecule has 1 aromatic rings. The van der Waals surface area contributed by atoms with Gasteiger partial charge in [0.2, 0.25) is 5.91 Å². The number of unbranched alkanes of at least 4 members (excludes halogenated alkanes) is 2. The van der Waals surface area contributed by atoms with Crippen LogP contribution in [0.2, 0.25) is 0 Å². The topological polar surface area (TPSA) is 130 Å². The first-order chi connectivity index (χ1) is 14.5. The number of carbonyl (C=O) groups excluding carboxylic acids is 1. The molecule has 0 fully saturated rings. The number of benzene rings is 1. The van der Waals surface area contributed by atoms with Gasteiger partial charge in [0.05, 0.1) is 6.54 Å². The van der Waals surface area contributed by atoms with E-state index in [0.717, 1.165) is 36.8 Å². The lowest BCUT2D eigenvalue weighted by Gasteiger charge is -2.32. The van der Waals surface area contributed by atoms with Gasteiger partial charge in [-0.3, -0.25) is 4.79 Å². The highest BCUT2D eigenvalue weighted by Crippen LogP contribution is 2.49. The fraction of sp³-hybridized carbons (Fsp3) is 0.522. The minimum absolute atomic E-state index is 0.0550. The van der Waals surface area contributed by atoms with Gasteiger partial charge in [-0.15, -0.1) is 0 Å². The highest BCUT2D eigenvalue weighted by molar-refractivity contribution is 7.90. The summed E-state index contributed by atoms with van der Waals surface area (Å²) in [6.45, 7) is 9.42. The predicted octanol–water partition coefficient (Wildman–Crippen LogP) is 3.61. The van der Waals surface area contributed by atoms with E-state index in [1.165, 1.54) is 6.07 Å². The van der Waals surface area contributed by atoms with E-state index in [9.17, 15) is 23.4 Å². The van der Waals surface area contributed by atoms with Gasteiger partial charge in [-0.05, 0) is 57.1 Å². The van der Waals surface area contributed by atoms with Gasteiger partial charge in [0, 0.05) is 11.5 Å². The molecule has 0 bridgehead atoms. The van der Waals surface area contributed by atoms with Crippen LogP contribution in [0.15, 0.2) is 34.8 Å². The average molecular weight is 451 g/mol. The normalized spacial score (nSPS) is 19.0. The Hall–Kier alpha value is -2.32. The molecular formula is C23H34N2O5S. The van der Waals surface area contributed by atoms with Crippen molar-refractivity contribution in [3.8, 4) is 11.5 Å². The Kier molecular flexibility index (Phi) is 8.31. The molecule has 0 spiro atoms. The summed E-state index contributed by atoms with van der Waals surface area (Å²) in [6, 6.07) is 1.40. The molecular weight excluding hydrogens is 416 g/mol. The summed E-state index contributed by atoms with van der Waals surface area (Å²) in [5.41, 5.74) is 7.67. The SMILES string of the molecule is C=C(C)C1CCC(C)=CC1c1c(O)cc(CCCCC)c(S(=O)(=O)NC(=O)CN)c1O. The van der Waals surface area contributed by atoms with Crippen LogP contribution >= 0.6 is 0 Å². The lowest BCUT2D eigenvalue weighted by molar-refractivity contribution is -0.118. The van der Waals surface area contributed by atoms with Crippen LogP contribution in [0.25, 0.3) is 0 Å². The first kappa shape index (κ1) is 24.9. The average Bonchev–Trinajstić information content (AvgIpc) is 2.67. The highest BCUT2D eigenvalue weighted by atomic mass is 32.2. The number of sulfonamides is 1. The molecule has 1 aliphatic rings. The summed E-state index contributed by atoms with van der Waals surface area (Å²) < 4.78 is 28.0. The van der Waals surface area contributed by atoms with E-state index >= 15 is 0 Å². The van der Waals surface area contributed by atoms with Crippen LogP contribution < -0.4 is 10.5 Å². The van der Waals surface area contributed by atoms with E-state index in [2.05, 4.69) is 6.58 Å². The quantitative estimate of drug-likeness (QED) is 0.336. The van der Waals surface area contributed by atoms with Crippen LogP contribution in [0.4, 0.5) is 0 Å². The molecule has 172 valence electrons. The molecule has 2 unspecified atom stereocenters. The van der Waals surface area contributed by atoms with Gasteiger partial charge in [0.25, 0.3) is 10.0 Å². The molecule has 0 heterocycles. The molecule has 1 aromatic carbocycles. The molecule has 2 atom stereocenters. The second-order valence-corrected chi connectivity index (χ2v) is 9.99. The Morgan fingerprint density at radius 2 is 2.00 bits per heavy atom. The molecule has 1 aliphatic carbocycles. The van der Waals surface area contributed by atoms with E-state index in [0.29, 0.717) is 12.8 Å². The number of aromatic hydroxyl groups is 2. The minimum Gasteiger partial charge on any atom is -0.507 e. The molecule has 31 heavy (non-hydrogen) atoms. The maximum atomic E-state index is 13.0. The standard InChI is InChI=1S/C23H34N2O5S/c1-5-6-7-8-16-12-19(26)21(18-11-15(4)9-10-17(18)14(2)3)22(28)23(16)31(29,30)25-20(27)13-24/h11-12,17-18,26,28H,2,5-10,13,24H2,1,3-4H3,(H,25,27). The van der Waals surface area contributed by atoms with Crippen molar-refractivity contribution in [2.45, 2.75) is 70.1 Å². The van der Waals surface area contributed by atoms with Crippen molar-refractivity contribution in [2.75, 3.05) is 6.54 Å². The van der Waals surface area contributed by atoms with Crippen LogP contribution in [0.1, 0.15) is 69.9 Å². The molecule has 5 N–H and O–H groups in total. The zero-order valence-corrected chi connectivity index (χ0v) is 19.4. The maximum absolute atomic E-state index is 13.0. The Bertz CT molecular complexity index is 982. The van der Waals surface area contributed by atoms with Crippen LogP contribution in [-0.4, -0.2) is 31.1 Å². The number of phenols is 2. The van der Waals surface area contributed by atoms with E-state index in [1.54, 1.807) is 0 Å². The predicted molar refractivity (Wildman–Crippen MR) is 121 cm³/mol. The number of carbonyl (C=O) groups is 1. The molecule has 1 amide bonds. The molecule has 0 saturated heterocycles. The van der Waals surface area contributed by atoms with Crippen molar-refractivity contribution in [2.24, 2.45) is 11.7 Å². The number of hydrogen-bond donors (Lipinski definition) is 4. The number of allylic oxidation sites excluding steroid dienone is 3. The summed E-state index contributed by atoms with van der Waals surface area (Å²) in [6.07, 6.45) is 6.40. The van der Waals surface area contributed by atoms with Gasteiger partial charge >= 0.3 is 0 Å². The van der Waals surface area contributed by atoms with E-state index in [4.69, 9.17) is 5.73 Å². The Morgan fingerprint density at radius 1 is 1.32 bits per heavy atom. The highest BCUT2D eigenvalue weighted by Gasteiger charge is 2.35. The smallest absolute Gasteiger partial charge is 0.268 e. The van der Waals surface area contributed by atoms with Crippen molar-refractivity contribution in [3.63, 3.8) is 0 Å². The molecule has 2 rings (SSSR count). The van der Waals surface area contributed by atoms with Crippen molar-refractivity contribution in [3.05, 3.63) is 41.0 Å². The van der Waals surface area contributed by atoms with E-state index < -0.39 is 34.1 Å². The number of hydrogen-bond acceptors (Lipinski definition) is 6. The van der Waals surface area contributed by atoms with Crippen molar-refractivity contribution < 1.29 is 23.4 Å². The number of amides is 1. The van der Waals surface area contributed by atoms with E-state index in [-0.39, 0.29) is 27.7 Å². The fourth-order valence-corrected chi connectivity index (χ4v) is 5.59. The summed E-state index contributed by atoms with van der Waals surface area (Å²) in [5, 5.41) is 22.0. The van der Waals surface area contributed by atoms with Gasteiger partial charge in [-0.25, -0.2) is 13.1 Å². The summed E-state index contributed by atoms with van der Waals surface area (Å²) >= 11 is 0. The first-order valence-electron chi connectivity index (χ1n) is 10.7. The number of nitrogens with one attached hydrogen (secondary N) is 1. The molecule has 8 heteroatoms. The lowest BCUT2D eigenvalue weighted by Crippen LogP contribution is -2.36. The molecule has 0 saturated carbocycles. The van der Waals surface area contributed by atoms with Crippen molar-refractivity contribution >= 4 is 15.9 Å². The molecule has 0 aliphatic heterocycles. The van der Waals surface area contributed by atoms with Crippen molar-refractivity contribution in [1.29, 1.82) is 0 Å². The Labute approximate surface area is 185 Å². The van der Waals surface area contributed by atoms with Crippen LogP contribution in [-0.2, 0) is 21.2 Å². The number of nitrogens with two attached hydrogens (primary N) is 1. The molecule has 0 aromatic heterocycles.